The number of likely N-dealkylation sites (tertiary alicyclic amines) is 1. The second-order valence-electron chi connectivity index (χ2n) is 5.76. The molecule has 0 aromatic heterocycles. The third-order valence-corrected chi connectivity index (χ3v) is 4.13. The van der Waals surface area contributed by atoms with Gasteiger partial charge in [0, 0.05) is 38.3 Å². The zero-order valence-electron chi connectivity index (χ0n) is 11.3. The van der Waals surface area contributed by atoms with Gasteiger partial charge in [0.15, 0.2) is 0 Å². The molecule has 1 unspecified atom stereocenters. The van der Waals surface area contributed by atoms with Crippen LogP contribution in [0.5, 0.6) is 0 Å². The van der Waals surface area contributed by atoms with Gasteiger partial charge in [-0.1, -0.05) is 13.8 Å². The van der Waals surface area contributed by atoms with Crippen molar-refractivity contribution in [3.05, 3.63) is 0 Å². The van der Waals surface area contributed by atoms with E-state index in [-0.39, 0.29) is 0 Å². The van der Waals surface area contributed by atoms with Crippen molar-refractivity contribution in [1.29, 1.82) is 0 Å². The van der Waals surface area contributed by atoms with Crippen LogP contribution in [-0.4, -0.2) is 67.8 Å². The molecule has 2 heterocycles. The van der Waals surface area contributed by atoms with E-state index in [9.17, 15) is 0 Å². The van der Waals surface area contributed by atoms with Gasteiger partial charge < -0.3 is 15.4 Å². The van der Waals surface area contributed by atoms with Crippen LogP contribution >= 0.6 is 0 Å². The lowest BCUT2D eigenvalue weighted by atomic mass is 10.1. The van der Waals surface area contributed by atoms with Crippen molar-refractivity contribution in [2.75, 3.05) is 45.9 Å². The Hall–Kier alpha value is -0.160. The summed E-state index contributed by atoms with van der Waals surface area (Å²) in [5.41, 5.74) is 6.14. The van der Waals surface area contributed by atoms with Gasteiger partial charge in [-0.15, -0.1) is 0 Å². The number of hydrogen-bond donors (Lipinski definition) is 1. The fraction of sp³-hybridized carbons (Fsp3) is 1.00. The van der Waals surface area contributed by atoms with Gasteiger partial charge in [0.05, 0.1) is 13.2 Å². The smallest absolute Gasteiger partial charge is 0.0594 e. The number of nitrogens with zero attached hydrogens (tertiary/aromatic N) is 2. The number of nitrogens with two attached hydrogens (primary N) is 1. The highest BCUT2D eigenvalue weighted by Crippen LogP contribution is 2.17. The van der Waals surface area contributed by atoms with E-state index in [1.807, 2.05) is 0 Å². The second kappa shape index (κ2) is 6.14. The molecule has 0 aromatic rings. The fourth-order valence-corrected chi connectivity index (χ4v) is 2.73. The summed E-state index contributed by atoms with van der Waals surface area (Å²) in [5.74, 6) is 0.581. The van der Waals surface area contributed by atoms with Gasteiger partial charge in [-0.05, 0) is 18.9 Å². The van der Waals surface area contributed by atoms with E-state index in [2.05, 4.69) is 23.6 Å². The Kier molecular flexibility index (Phi) is 4.79. The monoisotopic (exact) mass is 241 g/mol. The predicted octanol–water partition coefficient (Wildman–Crippen LogP) is 0.376. The van der Waals surface area contributed by atoms with Crippen molar-refractivity contribution in [2.24, 2.45) is 11.7 Å². The molecule has 2 aliphatic rings. The first-order valence-corrected chi connectivity index (χ1v) is 6.96. The quantitative estimate of drug-likeness (QED) is 0.772. The van der Waals surface area contributed by atoms with Gasteiger partial charge in [0.2, 0.25) is 0 Å². The molecule has 0 spiro atoms. The molecule has 4 heteroatoms. The first-order valence-electron chi connectivity index (χ1n) is 6.96. The third-order valence-electron chi connectivity index (χ3n) is 4.13. The Bertz CT molecular complexity index is 229. The van der Waals surface area contributed by atoms with Gasteiger partial charge in [0.1, 0.15) is 0 Å². The van der Waals surface area contributed by atoms with Crippen LogP contribution in [0.4, 0.5) is 0 Å². The van der Waals surface area contributed by atoms with Crippen molar-refractivity contribution in [2.45, 2.75) is 32.4 Å². The standard InChI is InChI=1S/C13H27N3O/c1-11(2)13(14)10-15-4-3-12(9-15)16-5-7-17-8-6-16/h11-13H,3-10,14H2,1-2H3/t12?,13-/m0/s1. The lowest BCUT2D eigenvalue weighted by Crippen LogP contribution is -2.46. The summed E-state index contributed by atoms with van der Waals surface area (Å²) in [6, 6.07) is 1.05. The molecule has 2 atom stereocenters. The van der Waals surface area contributed by atoms with Crippen molar-refractivity contribution in [3.8, 4) is 0 Å². The average molecular weight is 241 g/mol. The molecular weight excluding hydrogens is 214 g/mol. The van der Waals surface area contributed by atoms with Crippen molar-refractivity contribution < 1.29 is 4.74 Å². The molecule has 0 aliphatic carbocycles. The maximum Gasteiger partial charge on any atom is 0.0594 e. The highest BCUT2D eigenvalue weighted by Gasteiger charge is 2.29. The molecule has 2 saturated heterocycles. The molecule has 100 valence electrons. The summed E-state index contributed by atoms with van der Waals surface area (Å²) in [6.07, 6.45) is 1.30. The van der Waals surface area contributed by atoms with E-state index in [1.165, 1.54) is 19.5 Å². The van der Waals surface area contributed by atoms with Crippen LogP contribution in [0.3, 0.4) is 0 Å². The van der Waals surface area contributed by atoms with Crippen LogP contribution in [-0.2, 0) is 4.74 Å². The number of morpholine rings is 1. The van der Waals surface area contributed by atoms with Crippen LogP contribution in [0.15, 0.2) is 0 Å². The summed E-state index contributed by atoms with van der Waals surface area (Å²) in [4.78, 5) is 5.12. The number of hydrogen-bond acceptors (Lipinski definition) is 4. The highest BCUT2D eigenvalue weighted by atomic mass is 16.5. The normalized spacial score (nSPS) is 30.0. The molecule has 2 rings (SSSR count). The van der Waals surface area contributed by atoms with Gasteiger partial charge in [0.25, 0.3) is 0 Å². The lowest BCUT2D eigenvalue weighted by Gasteiger charge is -2.32. The maximum atomic E-state index is 6.14. The van der Waals surface area contributed by atoms with E-state index in [1.54, 1.807) is 0 Å². The first-order chi connectivity index (χ1) is 8.16. The molecule has 0 saturated carbocycles. The van der Waals surface area contributed by atoms with Crippen molar-refractivity contribution in [3.63, 3.8) is 0 Å². The second-order valence-corrected chi connectivity index (χ2v) is 5.76. The van der Waals surface area contributed by atoms with Crippen LogP contribution in [0.25, 0.3) is 0 Å². The van der Waals surface area contributed by atoms with Crippen LogP contribution in [0, 0.1) is 5.92 Å². The predicted molar refractivity (Wildman–Crippen MR) is 70.1 cm³/mol. The molecule has 4 nitrogen and oxygen atoms in total. The van der Waals surface area contributed by atoms with E-state index >= 15 is 0 Å². The summed E-state index contributed by atoms with van der Waals surface area (Å²) in [5, 5.41) is 0. The fourth-order valence-electron chi connectivity index (χ4n) is 2.73. The molecule has 2 N–H and O–H groups in total. The highest BCUT2D eigenvalue weighted by molar-refractivity contribution is 4.86. The molecule has 2 fully saturated rings. The van der Waals surface area contributed by atoms with Gasteiger partial charge in [-0.2, -0.15) is 0 Å². The van der Waals surface area contributed by atoms with Crippen LogP contribution in [0.2, 0.25) is 0 Å². The molecule has 0 bridgehead atoms. The number of rotatable bonds is 4. The topological polar surface area (TPSA) is 41.7 Å². The molecule has 17 heavy (non-hydrogen) atoms. The van der Waals surface area contributed by atoms with Gasteiger partial charge in [-0.3, -0.25) is 4.90 Å². The van der Waals surface area contributed by atoms with Crippen LogP contribution < -0.4 is 5.73 Å². The third kappa shape index (κ3) is 3.65. The maximum absolute atomic E-state index is 6.14. The average Bonchev–Trinajstić information content (AvgIpc) is 2.78. The minimum atomic E-state index is 0.318. The number of ether oxygens (including phenoxy) is 1. The zero-order chi connectivity index (χ0) is 12.3. The van der Waals surface area contributed by atoms with Crippen LogP contribution in [0.1, 0.15) is 20.3 Å². The Balaban J connectivity index is 1.74. The molecule has 0 aromatic carbocycles. The SMILES string of the molecule is CC(C)[C@@H](N)CN1CCC(N2CCOCC2)C1. The molecule has 0 radical (unpaired) electrons. The van der Waals surface area contributed by atoms with Crippen molar-refractivity contribution in [1.82, 2.24) is 9.80 Å². The van der Waals surface area contributed by atoms with E-state index < -0.39 is 0 Å². The van der Waals surface area contributed by atoms with Gasteiger partial charge in [-0.25, -0.2) is 0 Å². The molecule has 2 aliphatic heterocycles. The largest absolute Gasteiger partial charge is 0.379 e. The lowest BCUT2D eigenvalue weighted by molar-refractivity contribution is 0.0183. The Morgan fingerprint density at radius 1 is 1.24 bits per heavy atom. The van der Waals surface area contributed by atoms with Crippen molar-refractivity contribution >= 4 is 0 Å². The summed E-state index contributed by atoms with van der Waals surface area (Å²) < 4.78 is 5.41. The summed E-state index contributed by atoms with van der Waals surface area (Å²) in [7, 11) is 0. The van der Waals surface area contributed by atoms with E-state index in [0.29, 0.717) is 12.0 Å². The molecule has 0 amide bonds. The van der Waals surface area contributed by atoms with Gasteiger partial charge >= 0.3 is 0 Å². The first kappa shape index (κ1) is 13.3. The Labute approximate surface area is 105 Å². The summed E-state index contributed by atoms with van der Waals surface area (Å²) in [6.45, 7) is 11.9. The van der Waals surface area contributed by atoms with E-state index in [0.717, 1.165) is 38.9 Å². The zero-order valence-corrected chi connectivity index (χ0v) is 11.3. The Morgan fingerprint density at radius 3 is 2.59 bits per heavy atom. The van der Waals surface area contributed by atoms with E-state index in [4.69, 9.17) is 10.5 Å². The summed E-state index contributed by atoms with van der Waals surface area (Å²) >= 11 is 0. The minimum absolute atomic E-state index is 0.318. The molecular formula is C13H27N3O. The Morgan fingerprint density at radius 2 is 1.94 bits per heavy atom. The minimum Gasteiger partial charge on any atom is -0.379 e.